The molecule has 1 amide bonds. The van der Waals surface area contributed by atoms with E-state index in [2.05, 4.69) is 31.0 Å². The van der Waals surface area contributed by atoms with Crippen molar-refractivity contribution in [3.63, 3.8) is 0 Å². The summed E-state index contributed by atoms with van der Waals surface area (Å²) in [6.07, 6.45) is -4.62. The summed E-state index contributed by atoms with van der Waals surface area (Å²) in [6.45, 7) is 0. The molecule has 0 aliphatic carbocycles. The number of hydrogen-bond acceptors (Lipinski definition) is 5. The fourth-order valence-corrected chi connectivity index (χ4v) is 2.03. The summed E-state index contributed by atoms with van der Waals surface area (Å²) in [5.74, 6) is -0.392. The van der Waals surface area contributed by atoms with Crippen molar-refractivity contribution in [2.24, 2.45) is 7.05 Å². The number of aryl methyl sites for hydroxylation is 1. The Hall–Kier alpha value is -3.24. The van der Waals surface area contributed by atoms with Crippen LogP contribution in [0, 0.1) is 0 Å². The van der Waals surface area contributed by atoms with Gasteiger partial charge in [-0.1, -0.05) is 12.1 Å². The number of tetrazole rings is 1. The molecule has 0 spiro atoms. The molecule has 0 aliphatic heterocycles. The quantitative estimate of drug-likeness (QED) is 0.760. The lowest BCUT2D eigenvalue weighted by Crippen LogP contribution is -2.16. The number of nitrogens with zero attached hydrogens (tertiary/aromatic N) is 5. The predicted molar refractivity (Wildman–Crippen MR) is 75.8 cm³/mol. The van der Waals surface area contributed by atoms with E-state index in [1.54, 1.807) is 24.3 Å². The highest BCUT2D eigenvalue weighted by Gasteiger charge is 2.35. The highest BCUT2D eigenvalue weighted by atomic mass is 19.4. The summed E-state index contributed by atoms with van der Waals surface area (Å²) < 4.78 is 38.8. The minimum Gasteiger partial charge on any atom is -0.321 e. The Morgan fingerprint density at radius 2 is 2.08 bits per heavy atom. The largest absolute Gasteiger partial charge is 0.435 e. The third-order valence-corrected chi connectivity index (χ3v) is 3.13. The molecule has 0 fully saturated rings. The number of halogens is 3. The molecule has 11 heteroatoms. The topological polar surface area (TPSA) is 101 Å². The van der Waals surface area contributed by atoms with Gasteiger partial charge in [-0.25, -0.2) is 0 Å². The number of carbonyl (C=O) groups is 1. The fraction of sp³-hybridized carbons (Fsp3) is 0.154. The van der Waals surface area contributed by atoms with Gasteiger partial charge >= 0.3 is 6.18 Å². The summed E-state index contributed by atoms with van der Waals surface area (Å²) in [5, 5.41) is 19.2. The number of rotatable bonds is 3. The molecule has 2 heterocycles. The van der Waals surface area contributed by atoms with Gasteiger partial charge in [0.05, 0.1) is 0 Å². The van der Waals surface area contributed by atoms with E-state index < -0.39 is 17.8 Å². The first-order chi connectivity index (χ1) is 11.3. The Morgan fingerprint density at radius 1 is 1.29 bits per heavy atom. The van der Waals surface area contributed by atoms with Crippen LogP contribution in [0.15, 0.2) is 30.3 Å². The maximum atomic E-state index is 12.7. The fourth-order valence-electron chi connectivity index (χ4n) is 2.03. The van der Waals surface area contributed by atoms with Crippen LogP contribution < -0.4 is 5.32 Å². The van der Waals surface area contributed by atoms with Crippen LogP contribution >= 0.6 is 0 Å². The molecule has 0 saturated carbocycles. The summed E-state index contributed by atoms with van der Waals surface area (Å²) in [5.41, 5.74) is -0.386. The number of aromatic amines is 1. The summed E-state index contributed by atoms with van der Waals surface area (Å²) in [6, 6.07) is 7.20. The molecule has 0 unspecified atom stereocenters. The molecule has 3 rings (SSSR count). The first kappa shape index (κ1) is 15.6. The van der Waals surface area contributed by atoms with Gasteiger partial charge < -0.3 is 5.32 Å². The normalized spacial score (nSPS) is 11.5. The minimum atomic E-state index is -4.62. The average Bonchev–Trinajstić information content (AvgIpc) is 3.16. The zero-order valence-corrected chi connectivity index (χ0v) is 12.2. The van der Waals surface area contributed by atoms with Gasteiger partial charge in [-0.05, 0) is 17.3 Å². The Bertz CT molecular complexity index is 870. The van der Waals surface area contributed by atoms with Crippen molar-refractivity contribution in [1.82, 2.24) is 30.4 Å². The highest BCUT2D eigenvalue weighted by molar-refractivity contribution is 6.03. The summed E-state index contributed by atoms with van der Waals surface area (Å²) in [7, 11) is 1.26. The van der Waals surface area contributed by atoms with Gasteiger partial charge in [-0.3, -0.25) is 9.48 Å². The monoisotopic (exact) mass is 337 g/mol. The number of amides is 1. The van der Waals surface area contributed by atoms with Gasteiger partial charge in [0.25, 0.3) is 5.91 Å². The maximum Gasteiger partial charge on any atom is 0.435 e. The van der Waals surface area contributed by atoms with Gasteiger partial charge in [0, 0.05) is 24.4 Å². The first-order valence-electron chi connectivity index (χ1n) is 6.61. The summed E-state index contributed by atoms with van der Waals surface area (Å²) >= 11 is 0. The third-order valence-electron chi connectivity index (χ3n) is 3.13. The molecular formula is C13H10F3N7O. The Balaban J connectivity index is 1.83. The summed E-state index contributed by atoms with van der Waals surface area (Å²) in [4.78, 5) is 12.2. The van der Waals surface area contributed by atoms with Crippen LogP contribution in [-0.2, 0) is 13.2 Å². The van der Waals surface area contributed by atoms with Crippen molar-refractivity contribution >= 4 is 11.6 Å². The van der Waals surface area contributed by atoms with Crippen LogP contribution in [0.2, 0.25) is 0 Å². The van der Waals surface area contributed by atoms with E-state index >= 15 is 0 Å². The van der Waals surface area contributed by atoms with Crippen LogP contribution in [0.1, 0.15) is 16.2 Å². The lowest BCUT2D eigenvalue weighted by molar-refractivity contribution is -0.141. The van der Waals surface area contributed by atoms with Gasteiger partial charge in [0.1, 0.15) is 5.69 Å². The van der Waals surface area contributed by atoms with Crippen molar-refractivity contribution in [3.05, 3.63) is 41.7 Å². The SMILES string of the molecule is Cn1nc(C(F)(F)F)cc1C(=O)Nc1cccc(-c2nn[nH]n2)c1. The molecule has 0 radical (unpaired) electrons. The molecule has 24 heavy (non-hydrogen) atoms. The number of alkyl halides is 3. The van der Waals surface area contributed by atoms with E-state index in [9.17, 15) is 18.0 Å². The van der Waals surface area contributed by atoms with E-state index in [-0.39, 0.29) is 5.69 Å². The molecule has 124 valence electrons. The first-order valence-corrected chi connectivity index (χ1v) is 6.61. The van der Waals surface area contributed by atoms with E-state index in [4.69, 9.17) is 0 Å². The van der Waals surface area contributed by atoms with E-state index in [1.807, 2.05) is 0 Å². The Kier molecular flexibility index (Phi) is 3.75. The van der Waals surface area contributed by atoms with Gasteiger partial charge in [-0.15, -0.1) is 10.2 Å². The van der Waals surface area contributed by atoms with Gasteiger partial charge in [-0.2, -0.15) is 23.5 Å². The average molecular weight is 337 g/mol. The van der Waals surface area contributed by atoms with E-state index in [0.717, 1.165) is 4.68 Å². The molecule has 2 aromatic heterocycles. The van der Waals surface area contributed by atoms with Crippen LogP contribution in [0.3, 0.4) is 0 Å². The molecule has 0 saturated heterocycles. The standard InChI is InChI=1S/C13H10F3N7O/c1-23-9(6-10(20-23)13(14,15)16)12(24)17-8-4-2-3-7(5-8)11-18-21-22-19-11/h2-6H,1H3,(H,17,24)(H,18,19,21,22). The lowest BCUT2D eigenvalue weighted by atomic mass is 10.2. The molecular weight excluding hydrogens is 327 g/mol. The number of aromatic nitrogens is 6. The lowest BCUT2D eigenvalue weighted by Gasteiger charge is -2.06. The van der Waals surface area contributed by atoms with Crippen molar-refractivity contribution in [2.75, 3.05) is 5.32 Å². The molecule has 2 N–H and O–H groups in total. The minimum absolute atomic E-state index is 0.215. The van der Waals surface area contributed by atoms with Crippen LogP contribution in [0.25, 0.3) is 11.4 Å². The van der Waals surface area contributed by atoms with E-state index in [0.29, 0.717) is 23.1 Å². The molecule has 8 nitrogen and oxygen atoms in total. The van der Waals surface area contributed by atoms with Gasteiger partial charge in [0.15, 0.2) is 5.69 Å². The van der Waals surface area contributed by atoms with E-state index in [1.165, 1.54) is 7.05 Å². The van der Waals surface area contributed by atoms with Crippen molar-refractivity contribution in [2.45, 2.75) is 6.18 Å². The number of hydrogen-bond donors (Lipinski definition) is 2. The number of anilines is 1. The molecule has 3 aromatic rings. The predicted octanol–water partition coefficient (Wildman–Crippen LogP) is 1.87. The molecule has 0 atom stereocenters. The second kappa shape index (κ2) is 5.76. The molecule has 1 aromatic carbocycles. The highest BCUT2D eigenvalue weighted by Crippen LogP contribution is 2.28. The maximum absolute atomic E-state index is 12.7. The number of carbonyl (C=O) groups excluding carboxylic acids is 1. The second-order valence-corrected chi connectivity index (χ2v) is 4.81. The van der Waals surface area contributed by atoms with Crippen LogP contribution in [-0.4, -0.2) is 36.3 Å². The molecule has 0 aliphatic rings. The van der Waals surface area contributed by atoms with Crippen molar-refractivity contribution in [1.29, 1.82) is 0 Å². The van der Waals surface area contributed by atoms with Crippen LogP contribution in [0.5, 0.6) is 0 Å². The Morgan fingerprint density at radius 3 is 2.71 bits per heavy atom. The number of H-pyrrole nitrogens is 1. The van der Waals surface area contributed by atoms with Gasteiger partial charge in [0.2, 0.25) is 5.82 Å². The second-order valence-electron chi connectivity index (χ2n) is 4.81. The smallest absolute Gasteiger partial charge is 0.321 e. The molecule has 0 bridgehead atoms. The zero-order chi connectivity index (χ0) is 17.3. The van der Waals surface area contributed by atoms with Crippen molar-refractivity contribution < 1.29 is 18.0 Å². The number of nitrogens with one attached hydrogen (secondary N) is 2. The van der Waals surface area contributed by atoms with Crippen LogP contribution in [0.4, 0.5) is 18.9 Å². The Labute approximate surface area is 132 Å². The van der Waals surface area contributed by atoms with Crippen molar-refractivity contribution in [3.8, 4) is 11.4 Å². The zero-order valence-electron chi connectivity index (χ0n) is 12.2. The number of benzene rings is 1. The third kappa shape index (κ3) is 3.09.